The molecule has 6 heterocycles. The van der Waals surface area contributed by atoms with E-state index >= 15 is 0 Å². The van der Waals surface area contributed by atoms with E-state index in [-0.39, 0.29) is 40.4 Å². The van der Waals surface area contributed by atoms with Crippen molar-refractivity contribution in [2.45, 2.75) is 66.7 Å². The predicted molar refractivity (Wildman–Crippen MR) is 158 cm³/mol. The fraction of sp³-hybridized carbons (Fsp3) is 0.333. The van der Waals surface area contributed by atoms with E-state index in [1.165, 1.54) is 10.8 Å². The van der Waals surface area contributed by atoms with Crippen LogP contribution >= 0.6 is 0 Å². The molecular formula is C30H29N9O3S. The van der Waals surface area contributed by atoms with Crippen molar-refractivity contribution in [3.05, 3.63) is 72.7 Å². The third kappa shape index (κ3) is 4.21. The summed E-state index contributed by atoms with van der Waals surface area (Å²) in [4.78, 5) is 27.8. The Kier molecular flexibility index (Phi) is 5.86. The maximum atomic E-state index is 13.8. The Balaban J connectivity index is 1.21. The summed E-state index contributed by atoms with van der Waals surface area (Å²) in [5.41, 5.74) is 11.0. The van der Waals surface area contributed by atoms with Crippen molar-refractivity contribution in [3.63, 3.8) is 0 Å². The number of carbonyl (C=O) groups excluding carboxylic acids is 1. The summed E-state index contributed by atoms with van der Waals surface area (Å²) in [7, 11) is -3.70. The predicted octanol–water partition coefficient (Wildman–Crippen LogP) is 3.65. The molecule has 3 aliphatic rings. The summed E-state index contributed by atoms with van der Waals surface area (Å²) in [6, 6.07) is 13.7. The minimum absolute atomic E-state index is 0.0591. The van der Waals surface area contributed by atoms with E-state index in [0.717, 1.165) is 35.2 Å². The minimum Gasteiger partial charge on any atom is -0.382 e. The lowest BCUT2D eigenvalue weighted by atomic mass is 9.87. The number of aromatic amines is 1. The lowest BCUT2D eigenvalue weighted by molar-refractivity contribution is 0.0556. The van der Waals surface area contributed by atoms with Gasteiger partial charge in [-0.2, -0.15) is 9.61 Å². The summed E-state index contributed by atoms with van der Waals surface area (Å²) >= 11 is 0. The quantitative estimate of drug-likeness (QED) is 0.298. The number of nitrogens with two attached hydrogens (primary N) is 1. The molecule has 1 aliphatic carbocycles. The molecule has 5 aromatic rings. The van der Waals surface area contributed by atoms with Crippen LogP contribution in [0.15, 0.2) is 66.1 Å². The summed E-state index contributed by atoms with van der Waals surface area (Å²) in [5.74, 6) is -0.0679. The van der Waals surface area contributed by atoms with Crippen molar-refractivity contribution in [2.24, 2.45) is 0 Å². The number of rotatable bonds is 6. The first-order chi connectivity index (χ1) is 20.9. The van der Waals surface area contributed by atoms with Gasteiger partial charge in [-0.3, -0.25) is 9.78 Å². The number of nitrogen functional groups attached to an aromatic ring is 1. The van der Waals surface area contributed by atoms with E-state index in [0.29, 0.717) is 37.0 Å². The van der Waals surface area contributed by atoms with Gasteiger partial charge in [-0.15, -0.1) is 10.2 Å². The molecule has 0 unspecified atom stereocenters. The van der Waals surface area contributed by atoms with Crippen LogP contribution in [0.1, 0.15) is 60.8 Å². The molecule has 218 valence electrons. The zero-order chi connectivity index (χ0) is 29.3. The molecule has 3 N–H and O–H groups in total. The van der Waals surface area contributed by atoms with Gasteiger partial charge in [0.25, 0.3) is 5.91 Å². The number of benzene rings is 1. The molecule has 3 atom stereocenters. The van der Waals surface area contributed by atoms with Gasteiger partial charge in [-0.05, 0) is 44.6 Å². The van der Waals surface area contributed by atoms with Gasteiger partial charge in [0.05, 0.1) is 22.8 Å². The van der Waals surface area contributed by atoms with E-state index in [2.05, 4.69) is 25.3 Å². The Bertz CT molecular complexity index is 1940. The van der Waals surface area contributed by atoms with Gasteiger partial charge in [-0.1, -0.05) is 36.4 Å². The Morgan fingerprint density at radius 2 is 1.72 bits per heavy atom. The first kappa shape index (κ1) is 26.0. The molecular weight excluding hydrogens is 566 g/mol. The van der Waals surface area contributed by atoms with Crippen molar-refractivity contribution in [1.82, 2.24) is 39.7 Å². The first-order valence-corrected chi connectivity index (χ1v) is 16.1. The van der Waals surface area contributed by atoms with E-state index in [1.54, 1.807) is 12.4 Å². The largest absolute Gasteiger partial charge is 0.382 e. The monoisotopic (exact) mass is 595 g/mol. The van der Waals surface area contributed by atoms with Gasteiger partial charge in [-0.25, -0.2) is 13.4 Å². The molecule has 8 rings (SSSR count). The van der Waals surface area contributed by atoms with E-state index in [9.17, 15) is 13.2 Å². The van der Waals surface area contributed by atoms with E-state index < -0.39 is 15.1 Å². The van der Waals surface area contributed by atoms with Crippen LogP contribution in [0, 0.1) is 0 Å². The summed E-state index contributed by atoms with van der Waals surface area (Å²) < 4.78 is 29.1. The van der Waals surface area contributed by atoms with Crippen molar-refractivity contribution in [2.75, 3.05) is 5.73 Å². The topological polar surface area (TPSA) is 165 Å². The molecule has 12 nitrogen and oxygen atoms in total. The number of piperidine rings is 1. The van der Waals surface area contributed by atoms with E-state index in [1.807, 2.05) is 47.4 Å². The Hall–Kier alpha value is -4.65. The summed E-state index contributed by atoms with van der Waals surface area (Å²) in [6.07, 6.45) is 8.90. The van der Waals surface area contributed by atoms with Crippen molar-refractivity contribution >= 4 is 27.2 Å². The SMILES string of the molecule is Nc1c(S(=O)(=O)C2CC2)c([C@H]2C[C@H]3CC[C@@H](C2)N3C(=O)c2nnc[nH]2)nc2c(-c3ccc(-c4ccccc4)nc3)cnn12. The number of fused-ring (bicyclic) bond motifs is 3. The number of nitrogens with one attached hydrogen (secondary N) is 1. The van der Waals surface area contributed by atoms with Crippen molar-refractivity contribution in [1.29, 1.82) is 0 Å². The molecule has 0 spiro atoms. The lowest BCUT2D eigenvalue weighted by Gasteiger charge is -2.38. The van der Waals surface area contributed by atoms with Gasteiger partial charge in [0.15, 0.2) is 15.5 Å². The maximum absolute atomic E-state index is 13.8. The Morgan fingerprint density at radius 3 is 2.37 bits per heavy atom. The highest BCUT2D eigenvalue weighted by molar-refractivity contribution is 7.92. The average Bonchev–Trinajstić information content (AvgIpc) is 3.48. The van der Waals surface area contributed by atoms with Crippen LogP contribution in [0.2, 0.25) is 0 Å². The average molecular weight is 596 g/mol. The molecule has 1 saturated carbocycles. The fourth-order valence-electron chi connectivity index (χ4n) is 6.83. The van der Waals surface area contributed by atoms with Crippen molar-refractivity contribution in [3.8, 4) is 22.4 Å². The highest BCUT2D eigenvalue weighted by Crippen LogP contribution is 2.47. The molecule has 4 aromatic heterocycles. The molecule has 13 heteroatoms. The third-order valence-corrected chi connectivity index (χ3v) is 11.4. The van der Waals surface area contributed by atoms with Gasteiger partial charge >= 0.3 is 0 Å². The van der Waals surface area contributed by atoms with Crippen LogP contribution in [0.3, 0.4) is 0 Å². The lowest BCUT2D eigenvalue weighted by Crippen LogP contribution is -2.46. The normalized spacial score (nSPS) is 21.9. The summed E-state index contributed by atoms with van der Waals surface area (Å²) in [6.45, 7) is 0. The van der Waals surface area contributed by atoms with Crippen molar-refractivity contribution < 1.29 is 13.2 Å². The molecule has 3 fully saturated rings. The molecule has 43 heavy (non-hydrogen) atoms. The van der Waals surface area contributed by atoms with Crippen LogP contribution < -0.4 is 5.73 Å². The number of aromatic nitrogens is 7. The highest BCUT2D eigenvalue weighted by atomic mass is 32.2. The smallest absolute Gasteiger partial charge is 0.292 e. The number of H-pyrrole nitrogens is 1. The van der Waals surface area contributed by atoms with Gasteiger partial charge in [0.1, 0.15) is 17.0 Å². The van der Waals surface area contributed by atoms with Crippen LogP contribution in [0.4, 0.5) is 5.82 Å². The van der Waals surface area contributed by atoms with Crippen LogP contribution in [-0.4, -0.2) is 71.3 Å². The molecule has 1 amide bonds. The number of hydrogen-bond acceptors (Lipinski definition) is 9. The van der Waals surface area contributed by atoms with Crippen LogP contribution in [0.5, 0.6) is 0 Å². The number of nitrogens with zero attached hydrogens (tertiary/aromatic N) is 7. The number of sulfone groups is 1. The standard InChI is InChI=1S/C30H29N9O3S/c31-27-26(43(41,42)22-9-10-22)25(19-12-20-7-8-21(13-19)38(20)30(40)28-33-16-34-37-28)36-29-23(15-35-39(27)29)18-6-11-24(32-14-18)17-4-2-1-3-5-17/h1-6,11,14-16,19-22H,7-10,12-13,31H2,(H,33,34,37)/t19-,20+,21-. The second kappa shape index (κ2) is 9.69. The van der Waals surface area contributed by atoms with Gasteiger partial charge < -0.3 is 15.6 Å². The zero-order valence-corrected chi connectivity index (χ0v) is 24.0. The second-order valence-corrected chi connectivity index (χ2v) is 13.8. The Morgan fingerprint density at radius 1 is 0.953 bits per heavy atom. The molecule has 1 aromatic carbocycles. The number of pyridine rings is 1. The number of anilines is 1. The molecule has 0 radical (unpaired) electrons. The highest BCUT2D eigenvalue weighted by Gasteiger charge is 2.48. The Labute approximate surface area is 247 Å². The fourth-order valence-corrected chi connectivity index (χ4v) is 8.80. The first-order valence-electron chi connectivity index (χ1n) is 14.5. The maximum Gasteiger partial charge on any atom is 0.292 e. The second-order valence-electron chi connectivity index (χ2n) is 11.7. The zero-order valence-electron chi connectivity index (χ0n) is 23.2. The molecule has 2 bridgehead atoms. The number of hydrogen-bond donors (Lipinski definition) is 2. The van der Waals surface area contributed by atoms with Crippen LogP contribution in [0.25, 0.3) is 28.0 Å². The summed E-state index contributed by atoms with van der Waals surface area (Å²) in [5, 5.41) is 11.7. The van der Waals surface area contributed by atoms with Gasteiger partial charge in [0.2, 0.25) is 5.82 Å². The minimum atomic E-state index is -3.70. The van der Waals surface area contributed by atoms with Gasteiger partial charge in [0, 0.05) is 40.9 Å². The third-order valence-electron chi connectivity index (χ3n) is 9.03. The van der Waals surface area contributed by atoms with Crippen LogP contribution in [-0.2, 0) is 9.84 Å². The molecule has 2 aliphatic heterocycles. The number of amides is 1. The molecule has 2 saturated heterocycles. The number of carbonyl (C=O) groups is 1. The van der Waals surface area contributed by atoms with E-state index in [4.69, 9.17) is 10.7 Å².